The lowest BCUT2D eigenvalue weighted by atomic mass is 10.1. The van der Waals surface area contributed by atoms with Crippen LogP contribution in [0.3, 0.4) is 0 Å². The Kier molecular flexibility index (Phi) is 6.81. The Balaban J connectivity index is 1.26. The Morgan fingerprint density at radius 2 is 1.83 bits per heavy atom. The summed E-state index contributed by atoms with van der Waals surface area (Å²) >= 11 is 0. The molecule has 7 heteroatoms. The van der Waals surface area contributed by atoms with Gasteiger partial charge in [0.2, 0.25) is 0 Å². The molecular formula is C29H30N6O. The zero-order chi connectivity index (χ0) is 25.1. The van der Waals surface area contributed by atoms with E-state index in [1.807, 2.05) is 31.3 Å². The number of hydrogen-bond acceptors (Lipinski definition) is 5. The van der Waals surface area contributed by atoms with Gasteiger partial charge in [0.1, 0.15) is 0 Å². The lowest BCUT2D eigenvalue weighted by Crippen LogP contribution is -2.43. The van der Waals surface area contributed by atoms with Crippen LogP contribution in [0.2, 0.25) is 0 Å². The fraction of sp³-hybridized carbons (Fsp3) is 0.276. The van der Waals surface area contributed by atoms with Gasteiger partial charge in [-0.05, 0) is 67.9 Å². The van der Waals surface area contributed by atoms with Crippen LogP contribution in [0, 0.1) is 25.7 Å². The van der Waals surface area contributed by atoms with Crippen LogP contribution in [0.1, 0.15) is 38.2 Å². The first kappa shape index (κ1) is 23.7. The normalized spacial score (nSPS) is 14.4. The van der Waals surface area contributed by atoms with Gasteiger partial charge in [0, 0.05) is 62.6 Å². The number of pyridine rings is 2. The van der Waals surface area contributed by atoms with Gasteiger partial charge < -0.3 is 10.2 Å². The average molecular weight is 479 g/mol. The Bertz CT molecular complexity index is 1470. The summed E-state index contributed by atoms with van der Waals surface area (Å²) < 4.78 is 1.80. The molecule has 1 saturated heterocycles. The molecule has 1 amide bonds. The number of aryl methyl sites for hydroxylation is 2. The van der Waals surface area contributed by atoms with Crippen molar-refractivity contribution in [3.8, 4) is 11.8 Å². The van der Waals surface area contributed by atoms with E-state index in [4.69, 9.17) is 0 Å². The van der Waals surface area contributed by atoms with Crippen molar-refractivity contribution in [1.82, 2.24) is 24.4 Å². The van der Waals surface area contributed by atoms with Gasteiger partial charge in [-0.15, -0.1) is 0 Å². The molecule has 1 aromatic carbocycles. The predicted molar refractivity (Wildman–Crippen MR) is 142 cm³/mol. The SMILES string of the molecule is Cc1ccn2ncc(C#Cc3cncc(C(=O)Nc4ccc(CN5CCN(C)CC5)c(C)c4)c3)c2c1. The van der Waals surface area contributed by atoms with Crippen LogP contribution in [-0.2, 0) is 6.54 Å². The lowest BCUT2D eigenvalue weighted by molar-refractivity contribution is 0.102. The molecule has 0 saturated carbocycles. The largest absolute Gasteiger partial charge is 0.322 e. The zero-order valence-corrected chi connectivity index (χ0v) is 21.0. The molecule has 1 fully saturated rings. The van der Waals surface area contributed by atoms with Crippen molar-refractivity contribution < 1.29 is 4.79 Å². The van der Waals surface area contributed by atoms with Crippen molar-refractivity contribution in [2.75, 3.05) is 38.5 Å². The number of nitrogens with zero attached hydrogens (tertiary/aromatic N) is 5. The molecule has 1 aliphatic heterocycles. The van der Waals surface area contributed by atoms with Crippen molar-refractivity contribution in [3.63, 3.8) is 0 Å². The smallest absolute Gasteiger partial charge is 0.257 e. The van der Waals surface area contributed by atoms with E-state index < -0.39 is 0 Å². The lowest BCUT2D eigenvalue weighted by Gasteiger charge is -2.32. The molecule has 0 unspecified atom stereocenters. The fourth-order valence-electron chi connectivity index (χ4n) is 4.36. The molecule has 0 radical (unpaired) electrons. The van der Waals surface area contributed by atoms with Gasteiger partial charge in [0.05, 0.1) is 22.8 Å². The molecule has 36 heavy (non-hydrogen) atoms. The molecule has 1 N–H and O–H groups in total. The van der Waals surface area contributed by atoms with E-state index in [1.54, 1.807) is 29.2 Å². The Morgan fingerprint density at radius 1 is 1.00 bits per heavy atom. The molecule has 182 valence electrons. The molecule has 4 heterocycles. The quantitative estimate of drug-likeness (QED) is 0.453. The van der Waals surface area contributed by atoms with E-state index in [-0.39, 0.29) is 5.91 Å². The van der Waals surface area contributed by atoms with Gasteiger partial charge in [-0.3, -0.25) is 14.7 Å². The van der Waals surface area contributed by atoms with Crippen molar-refractivity contribution in [3.05, 3.63) is 94.6 Å². The van der Waals surface area contributed by atoms with Crippen molar-refractivity contribution in [1.29, 1.82) is 0 Å². The number of carbonyl (C=O) groups excluding carboxylic acids is 1. The number of benzene rings is 1. The second kappa shape index (κ2) is 10.3. The minimum atomic E-state index is -0.205. The highest BCUT2D eigenvalue weighted by Crippen LogP contribution is 2.19. The maximum absolute atomic E-state index is 12.9. The summed E-state index contributed by atoms with van der Waals surface area (Å²) in [4.78, 5) is 22.0. The van der Waals surface area contributed by atoms with E-state index in [1.165, 1.54) is 11.1 Å². The first-order valence-electron chi connectivity index (χ1n) is 12.2. The molecule has 1 aliphatic rings. The van der Waals surface area contributed by atoms with Crippen LogP contribution in [0.25, 0.3) is 5.52 Å². The van der Waals surface area contributed by atoms with Gasteiger partial charge in [-0.25, -0.2) is 4.52 Å². The highest BCUT2D eigenvalue weighted by Gasteiger charge is 2.15. The number of fused-ring (bicyclic) bond motifs is 1. The number of amides is 1. The zero-order valence-electron chi connectivity index (χ0n) is 21.0. The first-order chi connectivity index (χ1) is 17.4. The van der Waals surface area contributed by atoms with Gasteiger partial charge in [0.25, 0.3) is 5.91 Å². The first-order valence-corrected chi connectivity index (χ1v) is 12.2. The van der Waals surface area contributed by atoms with E-state index in [9.17, 15) is 4.79 Å². The van der Waals surface area contributed by atoms with Gasteiger partial charge >= 0.3 is 0 Å². The summed E-state index contributed by atoms with van der Waals surface area (Å²) in [6.45, 7) is 9.44. The van der Waals surface area contributed by atoms with Crippen LogP contribution in [0.4, 0.5) is 5.69 Å². The minimum Gasteiger partial charge on any atom is -0.322 e. The number of rotatable bonds is 4. The number of carbonyl (C=O) groups is 1. The number of hydrogen-bond donors (Lipinski definition) is 1. The maximum Gasteiger partial charge on any atom is 0.257 e. The van der Waals surface area contributed by atoms with E-state index >= 15 is 0 Å². The Hall–Kier alpha value is -3.99. The van der Waals surface area contributed by atoms with Crippen LogP contribution in [-0.4, -0.2) is 63.5 Å². The molecule has 3 aromatic heterocycles. The number of aromatic nitrogens is 3. The topological polar surface area (TPSA) is 65.8 Å². The van der Waals surface area contributed by atoms with E-state index in [0.29, 0.717) is 11.1 Å². The third-order valence-electron chi connectivity index (χ3n) is 6.61. The van der Waals surface area contributed by atoms with Gasteiger partial charge in [-0.2, -0.15) is 5.10 Å². The highest BCUT2D eigenvalue weighted by atomic mass is 16.1. The summed E-state index contributed by atoms with van der Waals surface area (Å²) in [5.41, 5.74) is 7.32. The Morgan fingerprint density at radius 3 is 2.64 bits per heavy atom. The molecule has 5 rings (SSSR count). The minimum absolute atomic E-state index is 0.205. The van der Waals surface area contributed by atoms with Crippen LogP contribution < -0.4 is 5.32 Å². The summed E-state index contributed by atoms with van der Waals surface area (Å²) in [6, 6.07) is 11.9. The predicted octanol–water partition coefficient (Wildman–Crippen LogP) is 3.75. The van der Waals surface area contributed by atoms with Crippen molar-refractivity contribution >= 4 is 17.1 Å². The maximum atomic E-state index is 12.9. The Labute approximate surface area is 211 Å². The van der Waals surface area contributed by atoms with Crippen molar-refractivity contribution in [2.24, 2.45) is 0 Å². The van der Waals surface area contributed by atoms with Crippen molar-refractivity contribution in [2.45, 2.75) is 20.4 Å². The van der Waals surface area contributed by atoms with Gasteiger partial charge in [-0.1, -0.05) is 17.9 Å². The number of nitrogens with one attached hydrogen (secondary N) is 1. The second-order valence-corrected chi connectivity index (χ2v) is 9.48. The fourth-order valence-corrected chi connectivity index (χ4v) is 4.36. The number of piperazine rings is 1. The second-order valence-electron chi connectivity index (χ2n) is 9.48. The molecule has 0 spiro atoms. The molecule has 0 bridgehead atoms. The summed E-state index contributed by atoms with van der Waals surface area (Å²) in [5.74, 6) is 6.08. The molecular weight excluding hydrogens is 448 g/mol. The summed E-state index contributed by atoms with van der Waals surface area (Å²) in [6.07, 6.45) is 6.90. The molecule has 4 aromatic rings. The summed E-state index contributed by atoms with van der Waals surface area (Å²) in [7, 11) is 2.17. The highest BCUT2D eigenvalue weighted by molar-refractivity contribution is 6.04. The monoisotopic (exact) mass is 478 g/mol. The average Bonchev–Trinajstić information content (AvgIpc) is 3.28. The van der Waals surface area contributed by atoms with Crippen LogP contribution in [0.15, 0.2) is 61.2 Å². The summed E-state index contributed by atoms with van der Waals surface area (Å²) in [5, 5.41) is 7.35. The molecule has 0 atom stereocenters. The third-order valence-corrected chi connectivity index (χ3v) is 6.61. The number of anilines is 1. The number of likely N-dealkylation sites (N-methyl/N-ethyl adjacent to an activating group) is 1. The van der Waals surface area contributed by atoms with E-state index in [0.717, 1.165) is 55.1 Å². The van der Waals surface area contributed by atoms with Gasteiger partial charge in [0.15, 0.2) is 0 Å². The molecule has 7 nitrogen and oxygen atoms in total. The molecule has 0 aliphatic carbocycles. The van der Waals surface area contributed by atoms with E-state index in [2.05, 4.69) is 63.1 Å². The standard InChI is InChI=1S/C29H30N6O/c1-21-8-9-35-28(14-21)24(19-31-35)5-4-23-16-26(18-30-17-23)29(36)32-27-7-6-25(22(2)15-27)20-34-12-10-33(3)11-13-34/h6-9,14-19H,10-13,20H2,1-3H3,(H,32,36). The van der Waals surface area contributed by atoms with Crippen LogP contribution >= 0.6 is 0 Å². The third kappa shape index (κ3) is 5.46. The van der Waals surface area contributed by atoms with Crippen LogP contribution in [0.5, 0.6) is 0 Å².